The number of thiazole rings is 1. The standard InChI is InChI=1S/C9H8ClN3O3S2/c10-8-1-7(4-12-9(8)14)18(15,16)13-3-6-2-11-5-17-6/h1-2,4-5,13H,3H2,(H,12,14). The number of nitrogens with zero attached hydrogens (tertiary/aromatic N) is 1. The molecule has 2 N–H and O–H groups in total. The Labute approximate surface area is 112 Å². The number of aromatic amines is 1. The van der Waals surface area contributed by atoms with E-state index < -0.39 is 15.6 Å². The largest absolute Gasteiger partial charge is 0.326 e. The van der Waals surface area contributed by atoms with Crippen LogP contribution < -0.4 is 10.3 Å². The number of hydrogen-bond donors (Lipinski definition) is 2. The molecule has 9 heteroatoms. The van der Waals surface area contributed by atoms with Crippen LogP contribution in [0.2, 0.25) is 5.02 Å². The highest BCUT2D eigenvalue weighted by Gasteiger charge is 2.15. The van der Waals surface area contributed by atoms with Gasteiger partial charge in [0.2, 0.25) is 10.0 Å². The Morgan fingerprint density at radius 2 is 2.28 bits per heavy atom. The van der Waals surface area contributed by atoms with Crippen LogP contribution in [-0.2, 0) is 16.6 Å². The second-order valence-electron chi connectivity index (χ2n) is 3.30. The van der Waals surface area contributed by atoms with Gasteiger partial charge in [0.15, 0.2) is 0 Å². The zero-order valence-corrected chi connectivity index (χ0v) is 11.3. The Bertz CT molecular complexity index is 694. The fourth-order valence-electron chi connectivity index (χ4n) is 1.17. The van der Waals surface area contributed by atoms with E-state index in [4.69, 9.17) is 11.6 Å². The molecule has 2 aromatic rings. The molecular weight excluding hydrogens is 298 g/mol. The van der Waals surface area contributed by atoms with Crippen LogP contribution in [0.3, 0.4) is 0 Å². The van der Waals surface area contributed by atoms with Gasteiger partial charge in [-0.25, -0.2) is 13.1 Å². The third kappa shape index (κ3) is 2.96. The van der Waals surface area contributed by atoms with Crippen molar-refractivity contribution < 1.29 is 8.42 Å². The molecule has 0 aliphatic rings. The monoisotopic (exact) mass is 305 g/mol. The van der Waals surface area contributed by atoms with Gasteiger partial charge in [-0.1, -0.05) is 11.6 Å². The molecule has 0 radical (unpaired) electrons. The second-order valence-corrected chi connectivity index (χ2v) is 6.45. The van der Waals surface area contributed by atoms with Crippen molar-refractivity contribution >= 4 is 33.0 Å². The van der Waals surface area contributed by atoms with E-state index in [9.17, 15) is 13.2 Å². The predicted octanol–water partition coefficient (Wildman–Crippen LogP) is 0.963. The van der Waals surface area contributed by atoms with Crippen LogP contribution in [-0.4, -0.2) is 18.4 Å². The van der Waals surface area contributed by atoms with E-state index in [1.165, 1.54) is 11.3 Å². The van der Waals surface area contributed by atoms with Gasteiger partial charge >= 0.3 is 0 Å². The van der Waals surface area contributed by atoms with Crippen molar-refractivity contribution in [3.8, 4) is 0 Å². The van der Waals surface area contributed by atoms with Crippen molar-refractivity contribution in [2.24, 2.45) is 0 Å². The fraction of sp³-hybridized carbons (Fsp3) is 0.111. The fourth-order valence-corrected chi connectivity index (χ4v) is 3.03. The van der Waals surface area contributed by atoms with Crippen LogP contribution in [0, 0.1) is 0 Å². The Hall–Kier alpha value is -1.22. The van der Waals surface area contributed by atoms with Gasteiger partial charge in [-0.05, 0) is 6.07 Å². The Morgan fingerprint density at radius 3 is 2.89 bits per heavy atom. The molecule has 2 rings (SSSR count). The molecule has 0 aliphatic carbocycles. The highest BCUT2D eigenvalue weighted by molar-refractivity contribution is 7.89. The van der Waals surface area contributed by atoms with Crippen molar-refractivity contribution in [1.82, 2.24) is 14.7 Å². The van der Waals surface area contributed by atoms with Crippen molar-refractivity contribution in [2.45, 2.75) is 11.4 Å². The summed E-state index contributed by atoms with van der Waals surface area (Å²) < 4.78 is 26.2. The van der Waals surface area contributed by atoms with Crippen LogP contribution in [0.1, 0.15) is 4.88 Å². The molecule has 6 nitrogen and oxygen atoms in total. The summed E-state index contributed by atoms with van der Waals surface area (Å²) in [6, 6.07) is 1.11. The molecule has 0 atom stereocenters. The Balaban J connectivity index is 2.20. The van der Waals surface area contributed by atoms with E-state index in [1.54, 1.807) is 11.7 Å². The van der Waals surface area contributed by atoms with Gasteiger partial charge in [-0.15, -0.1) is 11.3 Å². The molecule has 0 bridgehead atoms. The first kappa shape index (κ1) is 13.2. The molecule has 96 valence electrons. The molecule has 0 amide bonds. The molecular formula is C9H8ClN3O3S2. The Kier molecular flexibility index (Phi) is 3.81. The van der Waals surface area contributed by atoms with E-state index in [1.807, 2.05) is 0 Å². The zero-order chi connectivity index (χ0) is 13.2. The summed E-state index contributed by atoms with van der Waals surface area (Å²) in [5.41, 5.74) is 1.08. The third-order valence-electron chi connectivity index (χ3n) is 2.06. The van der Waals surface area contributed by atoms with E-state index in [2.05, 4.69) is 14.7 Å². The second kappa shape index (κ2) is 5.19. The minimum absolute atomic E-state index is 0.0865. The lowest BCUT2D eigenvalue weighted by Gasteiger charge is -2.05. The zero-order valence-electron chi connectivity index (χ0n) is 8.88. The quantitative estimate of drug-likeness (QED) is 0.880. The molecule has 2 aromatic heterocycles. The van der Waals surface area contributed by atoms with Gasteiger partial charge in [0.25, 0.3) is 5.56 Å². The molecule has 0 saturated carbocycles. The van der Waals surface area contributed by atoms with Crippen LogP contribution in [0.5, 0.6) is 0 Å². The van der Waals surface area contributed by atoms with E-state index in [0.717, 1.165) is 17.1 Å². The smallest absolute Gasteiger partial charge is 0.266 e. The van der Waals surface area contributed by atoms with Gasteiger partial charge < -0.3 is 4.98 Å². The summed E-state index contributed by atoms with van der Waals surface area (Å²) in [5, 5.41) is -0.171. The van der Waals surface area contributed by atoms with Crippen molar-refractivity contribution in [2.75, 3.05) is 0 Å². The molecule has 0 aliphatic heterocycles. The predicted molar refractivity (Wildman–Crippen MR) is 68.2 cm³/mol. The molecule has 0 saturated heterocycles. The topological polar surface area (TPSA) is 91.9 Å². The Morgan fingerprint density at radius 1 is 1.50 bits per heavy atom. The number of hydrogen-bond acceptors (Lipinski definition) is 5. The van der Waals surface area contributed by atoms with Gasteiger partial charge in [0.1, 0.15) is 5.02 Å². The number of sulfonamides is 1. The van der Waals surface area contributed by atoms with Crippen LogP contribution in [0.25, 0.3) is 0 Å². The van der Waals surface area contributed by atoms with Crippen LogP contribution in [0.4, 0.5) is 0 Å². The first-order valence-electron chi connectivity index (χ1n) is 4.74. The molecule has 0 unspecified atom stereocenters. The van der Waals surface area contributed by atoms with Crippen LogP contribution >= 0.6 is 22.9 Å². The molecule has 0 spiro atoms. The maximum Gasteiger partial charge on any atom is 0.266 e. The van der Waals surface area contributed by atoms with Crippen molar-refractivity contribution in [1.29, 1.82) is 0 Å². The summed E-state index contributed by atoms with van der Waals surface area (Å²) in [6.45, 7) is 0.143. The van der Waals surface area contributed by atoms with Gasteiger partial charge in [-0.3, -0.25) is 9.78 Å². The first-order valence-corrected chi connectivity index (χ1v) is 7.48. The average Bonchev–Trinajstić information content (AvgIpc) is 2.83. The lowest BCUT2D eigenvalue weighted by atomic mass is 10.5. The summed E-state index contributed by atoms with van der Waals surface area (Å²) in [5.74, 6) is 0. The van der Waals surface area contributed by atoms with E-state index in [0.29, 0.717) is 0 Å². The lowest BCUT2D eigenvalue weighted by Crippen LogP contribution is -2.24. The first-order chi connectivity index (χ1) is 8.49. The maximum absolute atomic E-state index is 11.9. The van der Waals surface area contributed by atoms with E-state index in [-0.39, 0.29) is 16.5 Å². The van der Waals surface area contributed by atoms with Gasteiger partial charge in [0, 0.05) is 23.8 Å². The van der Waals surface area contributed by atoms with Crippen molar-refractivity contribution in [3.05, 3.63) is 44.2 Å². The average molecular weight is 306 g/mol. The van der Waals surface area contributed by atoms with Gasteiger partial charge in [-0.2, -0.15) is 0 Å². The number of halogens is 1. The van der Waals surface area contributed by atoms with Crippen molar-refractivity contribution in [3.63, 3.8) is 0 Å². The number of nitrogens with one attached hydrogen (secondary N) is 2. The number of pyridine rings is 1. The number of H-pyrrole nitrogens is 1. The summed E-state index contributed by atoms with van der Waals surface area (Å²) in [4.78, 5) is 17.8. The highest BCUT2D eigenvalue weighted by atomic mass is 35.5. The summed E-state index contributed by atoms with van der Waals surface area (Å²) in [7, 11) is -3.70. The lowest BCUT2D eigenvalue weighted by molar-refractivity contribution is 0.581. The van der Waals surface area contributed by atoms with Gasteiger partial charge in [0.05, 0.1) is 10.4 Å². The summed E-state index contributed by atoms with van der Waals surface area (Å²) in [6.07, 6.45) is 2.68. The minimum atomic E-state index is -3.70. The normalized spacial score (nSPS) is 11.6. The number of aromatic nitrogens is 2. The van der Waals surface area contributed by atoms with Crippen LogP contribution in [0.15, 0.2) is 33.7 Å². The summed E-state index contributed by atoms with van der Waals surface area (Å²) >= 11 is 6.92. The molecule has 0 aromatic carbocycles. The SMILES string of the molecule is O=c1[nH]cc(S(=O)(=O)NCc2cncs2)cc1Cl. The third-order valence-corrected chi connectivity index (χ3v) is 4.50. The highest BCUT2D eigenvalue weighted by Crippen LogP contribution is 2.12. The molecule has 0 fully saturated rings. The molecule has 18 heavy (non-hydrogen) atoms. The maximum atomic E-state index is 11.9. The number of rotatable bonds is 4. The molecule has 2 heterocycles. The minimum Gasteiger partial charge on any atom is -0.326 e. The van der Waals surface area contributed by atoms with E-state index >= 15 is 0 Å².